The van der Waals surface area contributed by atoms with E-state index in [1.807, 2.05) is 21.1 Å². The highest BCUT2D eigenvalue weighted by Crippen LogP contribution is 2.43. The summed E-state index contributed by atoms with van der Waals surface area (Å²) in [6.07, 6.45) is 104. The molecule has 564 valence electrons. The highest BCUT2D eigenvalue weighted by atomic mass is 31.2. The minimum absolute atomic E-state index is 0.0336. The summed E-state index contributed by atoms with van der Waals surface area (Å²) in [5.74, 6) is -0.775. The van der Waals surface area contributed by atoms with Crippen LogP contribution < -0.4 is 0 Å². The second kappa shape index (κ2) is 76.9. The lowest BCUT2D eigenvalue weighted by molar-refractivity contribution is -0.870. The molecule has 0 aliphatic carbocycles. The number of hydrogen-bond donors (Lipinski definition) is 1. The average molecular weight is 1370 g/mol. The standard InChI is InChI=1S/C86H162NO8P/c1-6-8-10-12-14-16-18-20-22-24-26-28-30-32-34-36-38-39-40-41-42-43-44-45-46-47-49-50-52-54-56-58-60-62-64-66-68-70-72-74-76-78-85(88)92-82-84(83-94-96(90,91)93-81-80-87(3,4)5)95-86(89)79-77-75-73-71-69-67-65-63-61-59-57-55-53-51-48-37-35-33-31-29-27-25-23-21-19-17-15-13-11-9-7-2/h18-21,24-27,31,33,84H,6-17,22-23,28-30,32,34-83H2,1-5H3/p+1/b20-18-,21-19-,26-24-,27-25-,33-31-. The third-order valence-electron chi connectivity index (χ3n) is 19.0. The summed E-state index contributed by atoms with van der Waals surface area (Å²) in [5.41, 5.74) is 0. The number of esters is 2. The van der Waals surface area contributed by atoms with Crippen molar-refractivity contribution < 1.29 is 42.1 Å². The van der Waals surface area contributed by atoms with E-state index in [1.165, 1.54) is 340 Å². The molecular formula is C86H163NO8P+. The van der Waals surface area contributed by atoms with Crippen LogP contribution in [0.1, 0.15) is 425 Å². The van der Waals surface area contributed by atoms with Crippen LogP contribution in [0.2, 0.25) is 0 Å². The largest absolute Gasteiger partial charge is 0.472 e. The lowest BCUT2D eigenvalue weighted by Crippen LogP contribution is -2.37. The molecule has 0 aromatic carbocycles. The molecule has 2 unspecified atom stereocenters. The van der Waals surface area contributed by atoms with Crippen molar-refractivity contribution in [1.82, 2.24) is 0 Å². The predicted molar refractivity (Wildman–Crippen MR) is 418 cm³/mol. The Morgan fingerprint density at radius 2 is 0.562 bits per heavy atom. The Kier molecular flexibility index (Phi) is 75.0. The first-order valence-corrected chi connectivity index (χ1v) is 43.5. The Bertz CT molecular complexity index is 1800. The normalized spacial score (nSPS) is 13.3. The first kappa shape index (κ1) is 93.7. The summed E-state index contributed by atoms with van der Waals surface area (Å²) in [6.45, 7) is 4.48. The van der Waals surface area contributed by atoms with Gasteiger partial charge in [-0.25, -0.2) is 4.57 Å². The fourth-order valence-electron chi connectivity index (χ4n) is 12.6. The molecule has 10 heteroatoms. The van der Waals surface area contributed by atoms with Crippen molar-refractivity contribution in [2.45, 2.75) is 431 Å². The number of hydrogen-bond acceptors (Lipinski definition) is 7. The lowest BCUT2D eigenvalue weighted by atomic mass is 10.0. The average Bonchev–Trinajstić information content (AvgIpc) is 1.97. The monoisotopic (exact) mass is 1370 g/mol. The van der Waals surface area contributed by atoms with Crippen LogP contribution in [0.25, 0.3) is 0 Å². The van der Waals surface area contributed by atoms with Gasteiger partial charge < -0.3 is 18.9 Å². The van der Waals surface area contributed by atoms with E-state index in [0.29, 0.717) is 23.9 Å². The molecule has 0 fully saturated rings. The molecule has 1 N–H and O–H groups in total. The summed E-state index contributed by atoms with van der Waals surface area (Å²) < 4.78 is 34.9. The van der Waals surface area contributed by atoms with E-state index in [4.69, 9.17) is 18.5 Å². The topological polar surface area (TPSA) is 108 Å². The van der Waals surface area contributed by atoms with Crippen LogP contribution in [0.15, 0.2) is 60.8 Å². The van der Waals surface area contributed by atoms with Crippen LogP contribution >= 0.6 is 7.82 Å². The van der Waals surface area contributed by atoms with E-state index in [1.54, 1.807) is 0 Å². The number of rotatable bonds is 79. The van der Waals surface area contributed by atoms with Gasteiger partial charge in [0.15, 0.2) is 6.10 Å². The fraction of sp³-hybridized carbons (Fsp3) is 0.860. The number of phosphoric acid groups is 1. The number of quaternary nitrogens is 1. The molecule has 0 aliphatic heterocycles. The van der Waals surface area contributed by atoms with Crippen molar-refractivity contribution in [3.63, 3.8) is 0 Å². The predicted octanol–water partition coefficient (Wildman–Crippen LogP) is 28.1. The lowest BCUT2D eigenvalue weighted by Gasteiger charge is -2.24. The van der Waals surface area contributed by atoms with Crippen LogP contribution in [-0.2, 0) is 32.7 Å². The van der Waals surface area contributed by atoms with Crippen molar-refractivity contribution in [3.05, 3.63) is 60.8 Å². The second-order valence-electron chi connectivity index (χ2n) is 29.9. The molecule has 0 saturated carbocycles. The van der Waals surface area contributed by atoms with Crippen LogP contribution in [0.3, 0.4) is 0 Å². The number of carbonyl (C=O) groups is 2. The molecule has 0 rings (SSSR count). The Hall–Kier alpha value is -2.29. The number of unbranched alkanes of at least 4 members (excludes halogenated alkanes) is 55. The maximum absolute atomic E-state index is 12.9. The first-order valence-electron chi connectivity index (χ1n) is 42.0. The first-order chi connectivity index (χ1) is 47.0. The van der Waals surface area contributed by atoms with Crippen LogP contribution in [0.4, 0.5) is 0 Å². The number of nitrogens with zero attached hydrogens (tertiary/aromatic N) is 1. The summed E-state index contributed by atoms with van der Waals surface area (Å²) in [6, 6.07) is 0. The van der Waals surface area contributed by atoms with Crippen molar-refractivity contribution in [2.75, 3.05) is 47.5 Å². The van der Waals surface area contributed by atoms with E-state index >= 15 is 0 Å². The molecule has 9 nitrogen and oxygen atoms in total. The molecular weight excluding hydrogens is 1210 g/mol. The van der Waals surface area contributed by atoms with Crippen molar-refractivity contribution in [1.29, 1.82) is 0 Å². The molecule has 2 atom stereocenters. The summed E-state index contributed by atoms with van der Waals surface area (Å²) >= 11 is 0. The van der Waals surface area contributed by atoms with Crippen LogP contribution in [0, 0.1) is 0 Å². The number of phosphoric ester groups is 1. The maximum Gasteiger partial charge on any atom is 0.472 e. The molecule has 0 radical (unpaired) electrons. The third-order valence-corrected chi connectivity index (χ3v) is 20.0. The Balaban J connectivity index is 3.87. The van der Waals surface area contributed by atoms with Crippen LogP contribution in [-0.4, -0.2) is 74.9 Å². The maximum atomic E-state index is 12.9. The molecule has 0 amide bonds. The van der Waals surface area contributed by atoms with Crippen molar-refractivity contribution in [2.24, 2.45) is 0 Å². The zero-order chi connectivity index (χ0) is 69.7. The number of likely N-dealkylation sites (N-methyl/N-ethyl adjacent to an activating group) is 1. The molecule has 0 heterocycles. The van der Waals surface area contributed by atoms with E-state index in [-0.39, 0.29) is 25.6 Å². The van der Waals surface area contributed by atoms with Gasteiger partial charge in [0, 0.05) is 12.8 Å². The smallest absolute Gasteiger partial charge is 0.462 e. The van der Waals surface area contributed by atoms with Crippen molar-refractivity contribution in [3.8, 4) is 0 Å². The van der Waals surface area contributed by atoms with Gasteiger partial charge in [-0.2, -0.15) is 0 Å². The van der Waals surface area contributed by atoms with Gasteiger partial charge in [0.25, 0.3) is 0 Å². The zero-order valence-corrected chi connectivity index (χ0v) is 65.5. The third kappa shape index (κ3) is 80.7. The Morgan fingerprint density at radius 3 is 0.833 bits per heavy atom. The quantitative estimate of drug-likeness (QED) is 0.0211. The van der Waals surface area contributed by atoms with Gasteiger partial charge in [0.2, 0.25) is 0 Å². The van der Waals surface area contributed by atoms with Gasteiger partial charge >= 0.3 is 19.8 Å². The van der Waals surface area contributed by atoms with Gasteiger partial charge in [-0.1, -0.05) is 389 Å². The minimum Gasteiger partial charge on any atom is -0.462 e. The SMILES string of the molecule is CCCCCCC/C=C\C/C=C\C/C=C\CCCCCCCCCCCCCCCCCCC(=O)OC(COC(=O)CCCCCCCCCCCCCCCCCCCCCCCCCCCCCCC/C=C\C/C=C\CCCCCCC)COP(=O)(O)OCC[N+](C)(C)C. The molecule has 0 saturated heterocycles. The highest BCUT2D eigenvalue weighted by Gasteiger charge is 2.27. The van der Waals surface area contributed by atoms with Gasteiger partial charge in [0.05, 0.1) is 27.7 Å². The zero-order valence-electron chi connectivity index (χ0n) is 64.6. The van der Waals surface area contributed by atoms with Gasteiger partial charge in [-0.15, -0.1) is 0 Å². The second-order valence-corrected chi connectivity index (χ2v) is 31.3. The van der Waals surface area contributed by atoms with Crippen molar-refractivity contribution >= 4 is 19.8 Å². The molecule has 0 aromatic heterocycles. The fourth-order valence-corrected chi connectivity index (χ4v) is 13.3. The highest BCUT2D eigenvalue weighted by molar-refractivity contribution is 7.47. The van der Waals surface area contributed by atoms with Gasteiger partial charge in [0.1, 0.15) is 19.8 Å². The Morgan fingerprint density at radius 1 is 0.323 bits per heavy atom. The summed E-state index contributed by atoms with van der Waals surface area (Å²) in [7, 11) is 1.50. The molecule has 0 spiro atoms. The number of carbonyl (C=O) groups excluding carboxylic acids is 2. The molecule has 0 bridgehead atoms. The van der Waals surface area contributed by atoms with Gasteiger partial charge in [-0.05, 0) is 83.5 Å². The van der Waals surface area contributed by atoms with E-state index in [2.05, 4.69) is 74.6 Å². The summed E-state index contributed by atoms with van der Waals surface area (Å²) in [4.78, 5) is 36.0. The van der Waals surface area contributed by atoms with E-state index in [0.717, 1.165) is 51.4 Å². The minimum atomic E-state index is -4.40. The number of ether oxygens (including phenoxy) is 2. The summed E-state index contributed by atoms with van der Waals surface area (Å²) in [5, 5.41) is 0. The molecule has 0 aromatic rings. The van der Waals surface area contributed by atoms with Crippen LogP contribution in [0.5, 0.6) is 0 Å². The number of allylic oxidation sites excluding steroid dienone is 10. The van der Waals surface area contributed by atoms with E-state index in [9.17, 15) is 19.0 Å². The van der Waals surface area contributed by atoms with Gasteiger partial charge in [-0.3, -0.25) is 18.6 Å². The van der Waals surface area contributed by atoms with E-state index < -0.39 is 26.5 Å². The molecule has 96 heavy (non-hydrogen) atoms. The molecule has 0 aliphatic rings. The Labute approximate surface area is 597 Å².